The predicted octanol–water partition coefficient (Wildman–Crippen LogP) is 1.35. The SMILES string of the molecule is Cn1cc(C(NS(=O)(=O)c2sccc2Br)C(=O)O)cn1. The van der Waals surface area contributed by atoms with Crippen LogP contribution in [0, 0.1) is 0 Å². The first-order chi connectivity index (χ1) is 9.31. The van der Waals surface area contributed by atoms with Crippen LogP contribution >= 0.6 is 27.3 Å². The van der Waals surface area contributed by atoms with Crippen LogP contribution in [0.25, 0.3) is 0 Å². The number of hydrogen-bond acceptors (Lipinski definition) is 5. The van der Waals surface area contributed by atoms with E-state index in [2.05, 4.69) is 25.8 Å². The largest absolute Gasteiger partial charge is 0.480 e. The van der Waals surface area contributed by atoms with Gasteiger partial charge in [-0.3, -0.25) is 9.48 Å². The predicted molar refractivity (Wildman–Crippen MR) is 75.9 cm³/mol. The Kier molecular flexibility index (Phi) is 4.28. The summed E-state index contributed by atoms with van der Waals surface area (Å²) in [5.41, 5.74) is 0.260. The van der Waals surface area contributed by atoms with E-state index in [0.717, 1.165) is 11.3 Å². The lowest BCUT2D eigenvalue weighted by molar-refractivity contribution is -0.139. The highest BCUT2D eigenvalue weighted by Crippen LogP contribution is 2.28. The summed E-state index contributed by atoms with van der Waals surface area (Å²) in [7, 11) is -2.31. The molecule has 0 radical (unpaired) electrons. The molecule has 0 aliphatic rings. The summed E-state index contributed by atoms with van der Waals surface area (Å²) in [4.78, 5) is 11.3. The Bertz CT molecular complexity index is 737. The third-order valence-corrected chi connectivity index (χ3v) is 6.50. The summed E-state index contributed by atoms with van der Waals surface area (Å²) in [5.74, 6) is -1.30. The average Bonchev–Trinajstić information content (AvgIpc) is 2.95. The Labute approximate surface area is 127 Å². The number of thiophene rings is 1. The summed E-state index contributed by atoms with van der Waals surface area (Å²) in [6.07, 6.45) is 2.76. The minimum absolute atomic E-state index is 0.0349. The lowest BCUT2D eigenvalue weighted by Crippen LogP contribution is -2.33. The first-order valence-electron chi connectivity index (χ1n) is 5.28. The Morgan fingerprint density at radius 2 is 2.30 bits per heavy atom. The van der Waals surface area contributed by atoms with E-state index in [4.69, 9.17) is 0 Å². The molecule has 1 atom stereocenters. The van der Waals surface area contributed by atoms with Gasteiger partial charge in [0.05, 0.1) is 6.20 Å². The molecule has 0 amide bonds. The summed E-state index contributed by atoms with van der Waals surface area (Å²) in [6.45, 7) is 0. The summed E-state index contributed by atoms with van der Waals surface area (Å²) in [6, 6.07) is 0.196. The number of aliphatic carboxylic acids is 1. The number of carboxylic acid groups (broad SMARTS) is 1. The van der Waals surface area contributed by atoms with Crippen molar-refractivity contribution in [3.8, 4) is 0 Å². The maximum absolute atomic E-state index is 12.2. The van der Waals surface area contributed by atoms with E-state index in [1.54, 1.807) is 18.5 Å². The van der Waals surface area contributed by atoms with Gasteiger partial charge in [0, 0.05) is 23.3 Å². The maximum Gasteiger partial charge on any atom is 0.326 e. The van der Waals surface area contributed by atoms with Crippen molar-refractivity contribution in [2.45, 2.75) is 10.3 Å². The van der Waals surface area contributed by atoms with Crippen molar-refractivity contribution in [2.75, 3.05) is 0 Å². The van der Waals surface area contributed by atoms with E-state index in [1.807, 2.05) is 0 Å². The average molecular weight is 380 g/mol. The molecule has 2 heterocycles. The number of sulfonamides is 1. The number of carboxylic acids is 1. The van der Waals surface area contributed by atoms with Crippen LogP contribution in [0.5, 0.6) is 0 Å². The lowest BCUT2D eigenvalue weighted by atomic mass is 10.2. The van der Waals surface area contributed by atoms with E-state index >= 15 is 0 Å². The van der Waals surface area contributed by atoms with Gasteiger partial charge in [-0.25, -0.2) is 8.42 Å². The van der Waals surface area contributed by atoms with Gasteiger partial charge in [-0.1, -0.05) is 0 Å². The van der Waals surface area contributed by atoms with Crippen molar-refractivity contribution in [1.82, 2.24) is 14.5 Å². The highest BCUT2D eigenvalue weighted by Gasteiger charge is 2.29. The number of halogens is 1. The molecule has 0 saturated heterocycles. The van der Waals surface area contributed by atoms with E-state index < -0.39 is 22.0 Å². The normalized spacial score (nSPS) is 13.3. The van der Waals surface area contributed by atoms with E-state index in [1.165, 1.54) is 17.1 Å². The van der Waals surface area contributed by atoms with Crippen LogP contribution in [0.2, 0.25) is 0 Å². The van der Waals surface area contributed by atoms with Crippen molar-refractivity contribution in [1.29, 1.82) is 0 Å². The molecule has 0 fully saturated rings. The van der Waals surface area contributed by atoms with Crippen LogP contribution in [0.4, 0.5) is 0 Å². The summed E-state index contributed by atoms with van der Waals surface area (Å²) >= 11 is 4.12. The smallest absolute Gasteiger partial charge is 0.326 e. The molecule has 0 aliphatic heterocycles. The standard InChI is InChI=1S/C10H10BrN3O4S2/c1-14-5-6(4-12-14)8(9(15)16)13-20(17,18)10-7(11)2-3-19-10/h2-5,8,13H,1H3,(H,15,16). The fourth-order valence-corrected chi connectivity index (χ4v) is 5.06. The van der Waals surface area contributed by atoms with Gasteiger partial charge in [0.15, 0.2) is 0 Å². The fraction of sp³-hybridized carbons (Fsp3) is 0.200. The van der Waals surface area contributed by atoms with Gasteiger partial charge in [0.25, 0.3) is 10.0 Å². The molecule has 20 heavy (non-hydrogen) atoms. The quantitative estimate of drug-likeness (QED) is 0.816. The van der Waals surface area contributed by atoms with Gasteiger partial charge >= 0.3 is 5.97 Å². The van der Waals surface area contributed by atoms with Gasteiger partial charge in [-0.15, -0.1) is 11.3 Å². The van der Waals surface area contributed by atoms with Crippen LogP contribution in [0.15, 0.2) is 32.5 Å². The number of aromatic nitrogens is 2. The third kappa shape index (κ3) is 3.08. The molecule has 0 saturated carbocycles. The zero-order valence-electron chi connectivity index (χ0n) is 10.1. The number of carbonyl (C=O) groups is 1. The second-order valence-corrected chi connectivity index (χ2v) is 7.58. The first-order valence-corrected chi connectivity index (χ1v) is 8.43. The monoisotopic (exact) mass is 379 g/mol. The number of aryl methyl sites for hydroxylation is 1. The van der Waals surface area contributed by atoms with Gasteiger partial charge < -0.3 is 5.11 Å². The molecule has 0 aromatic carbocycles. The van der Waals surface area contributed by atoms with E-state index in [9.17, 15) is 18.3 Å². The molecule has 0 bridgehead atoms. The number of rotatable bonds is 5. The van der Waals surface area contributed by atoms with Crippen molar-refractivity contribution in [2.24, 2.45) is 7.05 Å². The number of nitrogens with zero attached hydrogens (tertiary/aromatic N) is 2. The molecular weight excluding hydrogens is 370 g/mol. The Morgan fingerprint density at radius 1 is 1.60 bits per heavy atom. The van der Waals surface area contributed by atoms with E-state index in [0.29, 0.717) is 4.47 Å². The molecule has 2 N–H and O–H groups in total. The van der Waals surface area contributed by atoms with Crippen molar-refractivity contribution in [3.63, 3.8) is 0 Å². The van der Waals surface area contributed by atoms with Crippen LogP contribution in [-0.4, -0.2) is 29.3 Å². The fourth-order valence-electron chi connectivity index (χ4n) is 1.53. The van der Waals surface area contributed by atoms with Gasteiger partial charge in [0.2, 0.25) is 0 Å². The van der Waals surface area contributed by atoms with Crippen molar-refractivity contribution in [3.05, 3.63) is 33.9 Å². The summed E-state index contributed by atoms with van der Waals surface area (Å²) < 4.78 is 28.4. The lowest BCUT2D eigenvalue weighted by Gasteiger charge is -2.12. The molecule has 0 spiro atoms. The highest BCUT2D eigenvalue weighted by molar-refractivity contribution is 9.10. The number of nitrogens with one attached hydrogen (secondary N) is 1. The minimum atomic E-state index is -3.93. The first kappa shape index (κ1) is 15.2. The number of hydrogen-bond donors (Lipinski definition) is 2. The Hall–Kier alpha value is -1.23. The van der Waals surface area contributed by atoms with E-state index in [-0.39, 0.29) is 9.77 Å². The molecular formula is C10H10BrN3O4S2. The van der Waals surface area contributed by atoms with Crippen LogP contribution in [0.3, 0.4) is 0 Å². The van der Waals surface area contributed by atoms with Gasteiger partial charge in [-0.05, 0) is 27.4 Å². The van der Waals surface area contributed by atoms with Crippen LogP contribution < -0.4 is 4.72 Å². The summed E-state index contributed by atoms with van der Waals surface area (Å²) in [5, 5.41) is 14.6. The highest BCUT2D eigenvalue weighted by atomic mass is 79.9. The zero-order valence-corrected chi connectivity index (χ0v) is 13.4. The maximum atomic E-state index is 12.2. The van der Waals surface area contributed by atoms with Crippen LogP contribution in [0.1, 0.15) is 11.6 Å². The molecule has 108 valence electrons. The van der Waals surface area contributed by atoms with Gasteiger partial charge in [0.1, 0.15) is 10.3 Å². The second-order valence-electron chi connectivity index (χ2n) is 3.90. The molecule has 7 nitrogen and oxygen atoms in total. The minimum Gasteiger partial charge on any atom is -0.480 e. The van der Waals surface area contributed by atoms with Crippen molar-refractivity contribution < 1.29 is 18.3 Å². The van der Waals surface area contributed by atoms with Gasteiger partial charge in [-0.2, -0.15) is 9.82 Å². The second kappa shape index (κ2) is 5.64. The van der Waals surface area contributed by atoms with Crippen LogP contribution in [-0.2, 0) is 21.9 Å². The molecule has 10 heteroatoms. The molecule has 0 aliphatic carbocycles. The Balaban J connectivity index is 2.34. The topological polar surface area (TPSA) is 101 Å². The molecule has 2 rings (SSSR count). The molecule has 2 aromatic heterocycles. The molecule has 2 aromatic rings. The Morgan fingerprint density at radius 3 is 2.75 bits per heavy atom. The third-order valence-electron chi connectivity index (χ3n) is 2.41. The molecule has 1 unspecified atom stereocenters. The van der Waals surface area contributed by atoms with Crippen molar-refractivity contribution >= 4 is 43.3 Å². The zero-order chi connectivity index (χ0) is 14.9.